The van der Waals surface area contributed by atoms with Crippen molar-refractivity contribution in [1.29, 1.82) is 0 Å². The molecule has 0 aliphatic rings. The first-order chi connectivity index (χ1) is 6.20. The molecule has 0 radical (unpaired) electrons. The minimum Gasteiger partial charge on any atom is -0.463 e. The molecule has 0 rings (SSSR count). The van der Waals surface area contributed by atoms with Gasteiger partial charge in [0.25, 0.3) is 0 Å². The van der Waals surface area contributed by atoms with Crippen LogP contribution in [-0.4, -0.2) is 12.1 Å². The van der Waals surface area contributed by atoms with Gasteiger partial charge in [0.15, 0.2) is 0 Å². The molecule has 2 heteroatoms. The number of rotatable bonds is 7. The van der Waals surface area contributed by atoms with E-state index in [0.717, 1.165) is 25.7 Å². The average Bonchev–Trinajstić information content (AvgIpc) is 2.05. The molecule has 2 nitrogen and oxygen atoms in total. The zero-order chi connectivity index (χ0) is 10.1. The fourth-order valence-corrected chi connectivity index (χ4v) is 1.10. The van der Waals surface area contributed by atoms with Gasteiger partial charge in [-0.3, -0.25) is 4.79 Å². The van der Waals surface area contributed by atoms with E-state index < -0.39 is 0 Å². The van der Waals surface area contributed by atoms with Crippen LogP contribution in [0.2, 0.25) is 0 Å². The number of carbonyl (C=O) groups is 1. The number of hydrogen-bond acceptors (Lipinski definition) is 2. The van der Waals surface area contributed by atoms with Crippen molar-refractivity contribution in [2.75, 3.05) is 0 Å². The topological polar surface area (TPSA) is 26.3 Å². The number of ether oxygens (including phenoxy) is 1. The Labute approximate surface area is 81.0 Å². The van der Waals surface area contributed by atoms with Crippen LogP contribution in [0.15, 0.2) is 12.7 Å². The van der Waals surface area contributed by atoms with Crippen LogP contribution >= 0.6 is 0 Å². The molecular weight excluding hydrogens is 164 g/mol. The van der Waals surface area contributed by atoms with Gasteiger partial charge in [-0.1, -0.05) is 13.0 Å². The highest BCUT2D eigenvalue weighted by Gasteiger charge is 2.07. The van der Waals surface area contributed by atoms with Gasteiger partial charge >= 0.3 is 5.97 Å². The zero-order valence-electron chi connectivity index (χ0n) is 8.71. The lowest BCUT2D eigenvalue weighted by Crippen LogP contribution is -2.14. The third-order valence-corrected chi connectivity index (χ3v) is 1.81. The lowest BCUT2D eigenvalue weighted by molar-refractivity contribution is -0.148. The van der Waals surface area contributed by atoms with E-state index >= 15 is 0 Å². The third-order valence-electron chi connectivity index (χ3n) is 1.81. The molecule has 0 fully saturated rings. The summed E-state index contributed by atoms with van der Waals surface area (Å²) < 4.78 is 5.16. The second-order valence-corrected chi connectivity index (χ2v) is 3.27. The maximum atomic E-state index is 11.0. The molecule has 0 saturated carbocycles. The Kier molecular flexibility index (Phi) is 7.36. The molecule has 0 aromatic carbocycles. The van der Waals surface area contributed by atoms with Gasteiger partial charge in [-0.25, -0.2) is 0 Å². The molecule has 13 heavy (non-hydrogen) atoms. The number of carbonyl (C=O) groups excluding carboxylic acids is 1. The van der Waals surface area contributed by atoms with Crippen molar-refractivity contribution < 1.29 is 9.53 Å². The van der Waals surface area contributed by atoms with Gasteiger partial charge in [0.1, 0.15) is 0 Å². The molecule has 0 aliphatic heterocycles. The number of hydrogen-bond donors (Lipinski definition) is 0. The lowest BCUT2D eigenvalue weighted by atomic mass is 10.2. The van der Waals surface area contributed by atoms with E-state index in [9.17, 15) is 4.79 Å². The predicted octanol–water partition coefficient (Wildman–Crippen LogP) is 3.07. The molecule has 76 valence electrons. The summed E-state index contributed by atoms with van der Waals surface area (Å²) in [6.07, 6.45) is 6.31. The van der Waals surface area contributed by atoms with Crippen molar-refractivity contribution in [3.8, 4) is 0 Å². The average molecular weight is 184 g/mol. The SMILES string of the molecule is C=CCCC[C@@H](C)OC(=O)CCC. The van der Waals surface area contributed by atoms with E-state index in [1.165, 1.54) is 0 Å². The summed E-state index contributed by atoms with van der Waals surface area (Å²) in [6, 6.07) is 0. The molecule has 1 atom stereocenters. The molecule has 0 aromatic rings. The number of unbranched alkanes of at least 4 members (excludes halogenated alkanes) is 1. The number of esters is 1. The largest absolute Gasteiger partial charge is 0.463 e. The van der Waals surface area contributed by atoms with E-state index in [1.54, 1.807) is 0 Å². The van der Waals surface area contributed by atoms with Gasteiger partial charge in [0.2, 0.25) is 0 Å². The Morgan fingerprint density at radius 2 is 2.31 bits per heavy atom. The van der Waals surface area contributed by atoms with E-state index in [4.69, 9.17) is 4.74 Å². The Bertz CT molecular complexity index is 152. The van der Waals surface area contributed by atoms with Crippen molar-refractivity contribution in [2.24, 2.45) is 0 Å². The van der Waals surface area contributed by atoms with Crippen molar-refractivity contribution in [2.45, 2.75) is 52.1 Å². The van der Waals surface area contributed by atoms with Gasteiger partial charge in [0.05, 0.1) is 6.10 Å². The van der Waals surface area contributed by atoms with E-state index in [2.05, 4.69) is 6.58 Å². The molecule has 0 aromatic heterocycles. The summed E-state index contributed by atoms with van der Waals surface area (Å²) in [4.78, 5) is 11.0. The van der Waals surface area contributed by atoms with Crippen LogP contribution < -0.4 is 0 Å². The highest BCUT2D eigenvalue weighted by Crippen LogP contribution is 2.06. The van der Waals surface area contributed by atoms with Crippen molar-refractivity contribution in [1.82, 2.24) is 0 Å². The Balaban J connectivity index is 3.43. The van der Waals surface area contributed by atoms with Crippen LogP contribution in [0.4, 0.5) is 0 Å². The van der Waals surface area contributed by atoms with E-state index in [-0.39, 0.29) is 12.1 Å². The van der Waals surface area contributed by atoms with Gasteiger partial charge < -0.3 is 4.74 Å². The normalized spacial score (nSPS) is 12.2. The highest BCUT2D eigenvalue weighted by atomic mass is 16.5. The molecule has 0 unspecified atom stereocenters. The van der Waals surface area contributed by atoms with Crippen molar-refractivity contribution in [3.63, 3.8) is 0 Å². The van der Waals surface area contributed by atoms with Gasteiger partial charge in [-0.15, -0.1) is 6.58 Å². The fraction of sp³-hybridized carbons (Fsp3) is 0.727. The summed E-state index contributed by atoms with van der Waals surface area (Å²) in [5, 5.41) is 0. The summed E-state index contributed by atoms with van der Waals surface area (Å²) in [5.74, 6) is -0.0754. The minimum atomic E-state index is -0.0754. The van der Waals surface area contributed by atoms with Gasteiger partial charge in [-0.2, -0.15) is 0 Å². The second kappa shape index (κ2) is 7.84. The molecule has 0 amide bonds. The third kappa shape index (κ3) is 7.57. The van der Waals surface area contributed by atoms with Crippen LogP contribution in [0.3, 0.4) is 0 Å². The minimum absolute atomic E-state index is 0.0546. The first-order valence-corrected chi connectivity index (χ1v) is 5.01. The van der Waals surface area contributed by atoms with Crippen LogP contribution in [0.25, 0.3) is 0 Å². The Hall–Kier alpha value is -0.790. The fourth-order valence-electron chi connectivity index (χ4n) is 1.10. The maximum Gasteiger partial charge on any atom is 0.306 e. The Morgan fingerprint density at radius 1 is 1.62 bits per heavy atom. The highest BCUT2D eigenvalue weighted by molar-refractivity contribution is 5.69. The summed E-state index contributed by atoms with van der Waals surface area (Å²) >= 11 is 0. The van der Waals surface area contributed by atoms with Crippen LogP contribution in [-0.2, 0) is 9.53 Å². The molecule has 0 spiro atoms. The molecule has 0 bridgehead atoms. The molecule has 0 aliphatic carbocycles. The smallest absolute Gasteiger partial charge is 0.306 e. The summed E-state index contributed by atoms with van der Waals surface area (Å²) in [5.41, 5.74) is 0. The number of allylic oxidation sites excluding steroid dienone is 1. The monoisotopic (exact) mass is 184 g/mol. The van der Waals surface area contributed by atoms with Crippen LogP contribution in [0.1, 0.15) is 46.0 Å². The summed E-state index contributed by atoms with van der Waals surface area (Å²) in [6.45, 7) is 7.56. The zero-order valence-corrected chi connectivity index (χ0v) is 8.71. The predicted molar refractivity (Wildman–Crippen MR) is 54.5 cm³/mol. The van der Waals surface area contributed by atoms with Crippen molar-refractivity contribution in [3.05, 3.63) is 12.7 Å². The summed E-state index contributed by atoms with van der Waals surface area (Å²) in [7, 11) is 0. The Morgan fingerprint density at radius 3 is 2.85 bits per heavy atom. The van der Waals surface area contributed by atoms with E-state index in [1.807, 2.05) is 19.9 Å². The quantitative estimate of drug-likeness (QED) is 0.345. The van der Waals surface area contributed by atoms with Crippen LogP contribution in [0.5, 0.6) is 0 Å². The molecular formula is C11H20O2. The van der Waals surface area contributed by atoms with Gasteiger partial charge in [0, 0.05) is 6.42 Å². The first-order valence-electron chi connectivity index (χ1n) is 5.01. The maximum absolute atomic E-state index is 11.0. The first kappa shape index (κ1) is 12.2. The van der Waals surface area contributed by atoms with E-state index in [0.29, 0.717) is 6.42 Å². The molecule has 0 N–H and O–H groups in total. The van der Waals surface area contributed by atoms with Crippen molar-refractivity contribution >= 4 is 5.97 Å². The van der Waals surface area contributed by atoms with Gasteiger partial charge in [-0.05, 0) is 32.6 Å². The van der Waals surface area contributed by atoms with Crippen LogP contribution in [0, 0.1) is 0 Å². The molecule has 0 saturated heterocycles. The molecule has 0 heterocycles. The lowest BCUT2D eigenvalue weighted by Gasteiger charge is -2.11. The second-order valence-electron chi connectivity index (χ2n) is 3.27. The standard InChI is InChI=1S/C11H20O2/c1-4-6-7-9-10(3)13-11(12)8-5-2/h4,10H,1,5-9H2,2-3H3/t10-/m1/s1.